The lowest BCUT2D eigenvalue weighted by Crippen LogP contribution is -1.87. The van der Waals surface area contributed by atoms with E-state index in [0.29, 0.717) is 8.32 Å². The average Bonchev–Trinajstić information content (AvgIpc) is 2.48. The van der Waals surface area contributed by atoms with Crippen LogP contribution in [-0.2, 0) is 0 Å². The maximum atomic E-state index is 3.71. The molecule has 0 bridgehead atoms. The number of halogens is 6. The Balaban J connectivity index is 2.30. The summed E-state index contributed by atoms with van der Waals surface area (Å²) in [5.41, 5.74) is 0. The summed E-state index contributed by atoms with van der Waals surface area (Å²) in [6.45, 7) is 4.24. The molecule has 25 heavy (non-hydrogen) atoms. The molecule has 136 valence electrons. The Hall–Kier alpha value is 2.37. The van der Waals surface area contributed by atoms with Crippen LogP contribution in [-0.4, -0.2) is 8.32 Å². The van der Waals surface area contributed by atoms with Gasteiger partial charge in [-0.25, -0.2) is 0 Å². The molecular formula is C16H12Br6S3. The van der Waals surface area contributed by atoms with Crippen LogP contribution in [0.2, 0.25) is 0 Å². The van der Waals surface area contributed by atoms with Crippen molar-refractivity contribution in [1.29, 1.82) is 0 Å². The predicted molar refractivity (Wildman–Crippen MR) is 136 cm³/mol. The molecule has 0 heterocycles. The molecule has 2 aromatic rings. The fourth-order valence-electron chi connectivity index (χ4n) is 1.83. The van der Waals surface area contributed by atoms with Crippen molar-refractivity contribution in [3.05, 3.63) is 42.2 Å². The molecule has 0 radical (unpaired) electrons. The molecule has 2 unspecified atom stereocenters. The van der Waals surface area contributed by atoms with Gasteiger partial charge in [-0.1, -0.05) is 43.6 Å². The van der Waals surface area contributed by atoms with Gasteiger partial charge in [0.25, 0.3) is 0 Å². The topological polar surface area (TPSA) is 0 Å². The number of benzene rings is 2. The first kappa shape index (κ1) is 23.6. The van der Waals surface area contributed by atoms with Crippen molar-refractivity contribution in [3.8, 4) is 0 Å². The third kappa shape index (κ3) is 7.28. The van der Waals surface area contributed by atoms with Gasteiger partial charge in [-0.3, -0.25) is 0 Å². The first-order valence-corrected chi connectivity index (χ1v) is 14.5. The Morgan fingerprint density at radius 1 is 0.600 bits per heavy atom. The molecular weight excluding hydrogens is 768 g/mol. The maximum absolute atomic E-state index is 3.71. The van der Waals surface area contributed by atoms with Gasteiger partial charge in [0, 0.05) is 37.5 Å². The van der Waals surface area contributed by atoms with Gasteiger partial charge in [-0.05, 0) is 102 Å². The number of alkyl halides is 2. The minimum absolute atomic E-state index is 0.362. The summed E-state index contributed by atoms with van der Waals surface area (Å²) in [6.07, 6.45) is 0. The van der Waals surface area contributed by atoms with Crippen molar-refractivity contribution in [3.63, 3.8) is 0 Å². The molecule has 0 nitrogen and oxygen atoms in total. The van der Waals surface area contributed by atoms with E-state index in [9.17, 15) is 0 Å². The van der Waals surface area contributed by atoms with Crippen molar-refractivity contribution in [2.24, 2.45) is 0 Å². The zero-order valence-electron chi connectivity index (χ0n) is 13.0. The highest BCUT2D eigenvalue weighted by Gasteiger charge is 2.14. The summed E-state index contributed by atoms with van der Waals surface area (Å²) >= 11 is 27.3. The highest BCUT2D eigenvalue weighted by atomic mass is 79.9. The minimum Gasteiger partial charge on any atom is -0.110 e. The van der Waals surface area contributed by atoms with Crippen LogP contribution in [0.5, 0.6) is 0 Å². The lowest BCUT2D eigenvalue weighted by atomic mass is 10.4. The minimum atomic E-state index is 0.362. The Morgan fingerprint density at radius 3 is 1.20 bits per heavy atom. The molecule has 0 aliphatic rings. The summed E-state index contributed by atoms with van der Waals surface area (Å²) in [5, 5.41) is 0. The summed E-state index contributed by atoms with van der Waals surface area (Å²) in [5.74, 6) is 0. The second kappa shape index (κ2) is 11.0. The molecule has 0 N–H and O–H groups in total. The average molecular weight is 780 g/mol. The normalized spacial score (nSPS) is 13.8. The summed E-state index contributed by atoms with van der Waals surface area (Å²) in [4.78, 5) is 4.75. The first-order valence-electron chi connectivity index (χ1n) is 6.94. The van der Waals surface area contributed by atoms with Gasteiger partial charge in [-0.2, -0.15) is 0 Å². The highest BCUT2D eigenvalue weighted by Crippen LogP contribution is 2.45. The second-order valence-electron chi connectivity index (χ2n) is 4.85. The Labute approximate surface area is 212 Å². The number of hydrogen-bond acceptors (Lipinski definition) is 3. The van der Waals surface area contributed by atoms with Gasteiger partial charge in [0.2, 0.25) is 0 Å². The molecule has 0 spiro atoms. The van der Waals surface area contributed by atoms with Crippen LogP contribution in [0.1, 0.15) is 13.8 Å². The third-order valence-electron chi connectivity index (χ3n) is 2.77. The van der Waals surface area contributed by atoms with E-state index in [-0.39, 0.29) is 0 Å². The smallest absolute Gasteiger partial charge is 0.0619 e. The lowest BCUT2D eigenvalue weighted by Gasteiger charge is -2.13. The SMILES string of the molecule is CC(Br)Sc1cc(Br)c(Sc2cc(Br)c(SC(C)Br)cc2Br)cc1Br. The van der Waals surface area contributed by atoms with Crippen molar-refractivity contribution in [2.75, 3.05) is 0 Å². The van der Waals surface area contributed by atoms with E-state index in [0.717, 1.165) is 17.9 Å². The van der Waals surface area contributed by atoms with E-state index >= 15 is 0 Å². The quantitative estimate of drug-likeness (QED) is 0.212. The summed E-state index contributed by atoms with van der Waals surface area (Å²) in [7, 11) is 0. The lowest BCUT2D eigenvalue weighted by molar-refractivity contribution is 1.24. The zero-order valence-corrected chi connectivity index (χ0v) is 24.9. The van der Waals surface area contributed by atoms with E-state index in [1.54, 1.807) is 35.3 Å². The zero-order chi connectivity index (χ0) is 18.7. The third-order valence-corrected chi connectivity index (χ3v) is 10.5. The van der Waals surface area contributed by atoms with Gasteiger partial charge >= 0.3 is 0 Å². The molecule has 0 aromatic heterocycles. The summed E-state index contributed by atoms with van der Waals surface area (Å²) < 4.78 is 5.11. The molecule has 0 aliphatic heterocycles. The fourth-order valence-corrected chi connectivity index (χ4v) is 8.38. The molecule has 0 amide bonds. The van der Waals surface area contributed by atoms with Crippen molar-refractivity contribution < 1.29 is 0 Å². The summed E-state index contributed by atoms with van der Waals surface area (Å²) in [6, 6.07) is 8.65. The van der Waals surface area contributed by atoms with Gasteiger partial charge < -0.3 is 0 Å². The standard InChI is InChI=1S/C16H12Br6S3/c1-7(17)23-13-3-11(21)15(5-9(13)19)25-16-6-10(20)14(4-12(16)22)24-8(2)18/h3-8H,1-2H3. The van der Waals surface area contributed by atoms with Gasteiger partial charge in [-0.15, -0.1) is 23.5 Å². The highest BCUT2D eigenvalue weighted by molar-refractivity contribution is 9.12. The molecule has 0 saturated heterocycles. The molecule has 0 fully saturated rings. The molecule has 0 aliphatic carbocycles. The van der Waals surface area contributed by atoms with Gasteiger partial charge in [0.05, 0.1) is 8.32 Å². The van der Waals surface area contributed by atoms with Crippen LogP contribution >= 0.6 is 131 Å². The molecule has 9 heteroatoms. The van der Waals surface area contributed by atoms with E-state index < -0.39 is 0 Å². The van der Waals surface area contributed by atoms with Crippen LogP contribution in [0.25, 0.3) is 0 Å². The van der Waals surface area contributed by atoms with Crippen molar-refractivity contribution >= 4 is 131 Å². The molecule has 2 rings (SSSR count). The van der Waals surface area contributed by atoms with E-state index in [1.165, 1.54) is 19.6 Å². The van der Waals surface area contributed by atoms with Gasteiger partial charge in [0.15, 0.2) is 0 Å². The Morgan fingerprint density at radius 2 is 0.880 bits per heavy atom. The Kier molecular flexibility index (Phi) is 10.4. The van der Waals surface area contributed by atoms with Crippen molar-refractivity contribution in [1.82, 2.24) is 0 Å². The van der Waals surface area contributed by atoms with Crippen LogP contribution in [0.15, 0.2) is 61.7 Å². The largest absolute Gasteiger partial charge is 0.110 e. The molecule has 2 aromatic carbocycles. The predicted octanol–water partition coefficient (Wildman–Crippen LogP) is 10.6. The monoisotopic (exact) mass is 774 g/mol. The van der Waals surface area contributed by atoms with Crippen molar-refractivity contribution in [2.45, 2.75) is 41.7 Å². The van der Waals surface area contributed by atoms with E-state index in [1.807, 2.05) is 0 Å². The fraction of sp³-hybridized carbons (Fsp3) is 0.250. The second-order valence-corrected chi connectivity index (χ2v) is 16.1. The van der Waals surface area contributed by atoms with Crippen LogP contribution < -0.4 is 0 Å². The number of thioether (sulfide) groups is 2. The van der Waals surface area contributed by atoms with Crippen LogP contribution in [0.3, 0.4) is 0 Å². The number of rotatable bonds is 6. The van der Waals surface area contributed by atoms with Crippen LogP contribution in [0.4, 0.5) is 0 Å². The number of hydrogen-bond donors (Lipinski definition) is 0. The maximum Gasteiger partial charge on any atom is 0.0619 e. The van der Waals surface area contributed by atoms with Gasteiger partial charge in [0.1, 0.15) is 0 Å². The van der Waals surface area contributed by atoms with E-state index in [4.69, 9.17) is 0 Å². The first-order chi connectivity index (χ1) is 11.7. The molecule has 2 atom stereocenters. The van der Waals surface area contributed by atoms with Crippen LogP contribution in [0, 0.1) is 0 Å². The molecule has 0 saturated carbocycles. The Bertz CT molecular complexity index is 701. The van der Waals surface area contributed by atoms with E-state index in [2.05, 4.69) is 134 Å².